The van der Waals surface area contributed by atoms with Crippen LogP contribution in [0.15, 0.2) is 72.8 Å². The Morgan fingerprint density at radius 1 is 0.950 bits per heavy atom. The first-order chi connectivity index (χ1) is 9.54. The van der Waals surface area contributed by atoms with Crippen molar-refractivity contribution in [3.63, 3.8) is 0 Å². The summed E-state index contributed by atoms with van der Waals surface area (Å²) in [6.45, 7) is 7.39. The lowest BCUT2D eigenvalue weighted by Crippen LogP contribution is -2.59. The Balaban J connectivity index is 2.49. The number of hydrogen-bond acceptors (Lipinski definition) is 2. The van der Waals surface area contributed by atoms with Gasteiger partial charge in [-0.25, -0.2) is 4.79 Å². The molecule has 0 N–H and O–H groups in total. The first-order valence-electron chi connectivity index (χ1n) is 6.54. The fourth-order valence-electron chi connectivity index (χ4n) is 2.07. The Morgan fingerprint density at radius 3 is 1.70 bits per heavy atom. The summed E-state index contributed by atoms with van der Waals surface area (Å²) in [5, 5.41) is 2.14. The van der Waals surface area contributed by atoms with E-state index in [0.29, 0.717) is 5.57 Å². The van der Waals surface area contributed by atoms with Crippen LogP contribution in [0.25, 0.3) is 0 Å². The molecule has 20 heavy (non-hydrogen) atoms. The second-order valence-electron chi connectivity index (χ2n) is 4.94. The summed E-state index contributed by atoms with van der Waals surface area (Å²) in [6, 6.07) is 19.9. The van der Waals surface area contributed by atoms with Crippen molar-refractivity contribution >= 4 is 24.7 Å². The summed E-state index contributed by atoms with van der Waals surface area (Å²) < 4.78 is 5.87. The SMILES string of the molecule is C=C(C)C(=O)O[Si](C)(c1ccccc1)c1ccccc1. The fraction of sp³-hybridized carbons (Fsp3) is 0.118. The van der Waals surface area contributed by atoms with Gasteiger partial charge in [0.05, 0.1) is 0 Å². The Morgan fingerprint density at radius 2 is 1.35 bits per heavy atom. The molecule has 0 bridgehead atoms. The molecule has 0 atom stereocenters. The molecule has 0 heterocycles. The molecule has 2 aromatic carbocycles. The van der Waals surface area contributed by atoms with E-state index in [1.165, 1.54) is 0 Å². The summed E-state index contributed by atoms with van der Waals surface area (Å²) in [5.41, 5.74) is 0.426. The molecule has 0 aliphatic carbocycles. The molecule has 0 aliphatic heterocycles. The predicted octanol–water partition coefficient (Wildman–Crippen LogP) is 2.50. The molecule has 0 amide bonds. The molecular formula is C17H18O2Si. The number of hydrogen-bond donors (Lipinski definition) is 0. The van der Waals surface area contributed by atoms with Crippen molar-refractivity contribution < 1.29 is 9.22 Å². The monoisotopic (exact) mass is 282 g/mol. The molecule has 0 fully saturated rings. The molecule has 0 unspecified atom stereocenters. The maximum atomic E-state index is 12.0. The van der Waals surface area contributed by atoms with Gasteiger partial charge in [-0.2, -0.15) is 0 Å². The van der Waals surface area contributed by atoms with Gasteiger partial charge in [-0.3, -0.25) is 0 Å². The van der Waals surface area contributed by atoms with Gasteiger partial charge in [-0.15, -0.1) is 0 Å². The minimum atomic E-state index is -2.54. The van der Waals surface area contributed by atoms with Crippen molar-refractivity contribution in [1.82, 2.24) is 0 Å². The summed E-state index contributed by atoms with van der Waals surface area (Å²) in [5.74, 6) is -0.327. The highest BCUT2D eigenvalue weighted by molar-refractivity contribution is 6.97. The number of benzene rings is 2. The van der Waals surface area contributed by atoms with Crippen molar-refractivity contribution in [3.05, 3.63) is 72.8 Å². The second kappa shape index (κ2) is 5.88. The zero-order valence-corrected chi connectivity index (χ0v) is 12.8. The van der Waals surface area contributed by atoms with Crippen LogP contribution in [0.4, 0.5) is 0 Å². The highest BCUT2D eigenvalue weighted by atomic mass is 28.4. The molecule has 2 nitrogen and oxygen atoms in total. The van der Waals surface area contributed by atoms with Crippen LogP contribution in [0.1, 0.15) is 6.92 Å². The van der Waals surface area contributed by atoms with Gasteiger partial charge in [0.25, 0.3) is 0 Å². The smallest absolute Gasteiger partial charge is 0.320 e. The minimum absolute atomic E-state index is 0.327. The van der Waals surface area contributed by atoms with Gasteiger partial charge < -0.3 is 4.43 Å². The third-order valence-electron chi connectivity index (χ3n) is 3.29. The van der Waals surface area contributed by atoms with Gasteiger partial charge in [0.1, 0.15) is 0 Å². The molecule has 0 saturated carbocycles. The van der Waals surface area contributed by atoms with E-state index in [4.69, 9.17) is 4.43 Å². The first kappa shape index (κ1) is 14.3. The molecular weight excluding hydrogens is 264 g/mol. The molecule has 0 saturated heterocycles. The lowest BCUT2D eigenvalue weighted by atomic mass is 10.4. The zero-order valence-electron chi connectivity index (χ0n) is 11.8. The maximum Gasteiger partial charge on any atom is 0.320 e. The Kier molecular flexibility index (Phi) is 4.20. The molecule has 102 valence electrons. The molecule has 0 aromatic heterocycles. The van der Waals surface area contributed by atoms with Gasteiger partial charge in [-0.05, 0) is 23.8 Å². The number of carbonyl (C=O) groups excluding carboxylic acids is 1. The lowest BCUT2D eigenvalue weighted by molar-refractivity contribution is -0.130. The van der Waals surface area contributed by atoms with Gasteiger partial charge in [0.15, 0.2) is 0 Å². The average Bonchev–Trinajstić information content (AvgIpc) is 2.48. The number of carbonyl (C=O) groups is 1. The van der Waals surface area contributed by atoms with Gasteiger partial charge in [-0.1, -0.05) is 67.2 Å². The van der Waals surface area contributed by atoms with Crippen molar-refractivity contribution in [2.24, 2.45) is 0 Å². The maximum absolute atomic E-state index is 12.0. The first-order valence-corrected chi connectivity index (χ1v) is 8.95. The molecule has 2 aromatic rings. The van der Waals surface area contributed by atoms with E-state index in [-0.39, 0.29) is 5.97 Å². The van der Waals surface area contributed by atoms with Crippen molar-refractivity contribution in [2.45, 2.75) is 13.5 Å². The van der Waals surface area contributed by atoms with Gasteiger partial charge in [0, 0.05) is 5.57 Å². The zero-order chi connectivity index (χ0) is 14.6. The van der Waals surface area contributed by atoms with E-state index in [2.05, 4.69) is 6.58 Å². The third kappa shape index (κ3) is 2.88. The molecule has 0 spiro atoms. The van der Waals surface area contributed by atoms with Gasteiger partial charge in [0.2, 0.25) is 0 Å². The van der Waals surface area contributed by atoms with E-state index in [9.17, 15) is 4.79 Å². The molecule has 0 radical (unpaired) electrons. The van der Waals surface area contributed by atoms with Crippen LogP contribution in [-0.4, -0.2) is 14.3 Å². The van der Waals surface area contributed by atoms with Crippen LogP contribution >= 0.6 is 0 Å². The van der Waals surface area contributed by atoms with E-state index in [0.717, 1.165) is 10.4 Å². The van der Waals surface area contributed by atoms with Crippen LogP contribution in [0.2, 0.25) is 6.55 Å². The normalized spacial score (nSPS) is 10.9. The predicted molar refractivity (Wildman–Crippen MR) is 84.7 cm³/mol. The van der Waals surface area contributed by atoms with Crippen LogP contribution in [0.3, 0.4) is 0 Å². The van der Waals surface area contributed by atoms with Crippen molar-refractivity contribution in [3.8, 4) is 0 Å². The largest absolute Gasteiger partial charge is 0.507 e. The van der Waals surface area contributed by atoms with E-state index >= 15 is 0 Å². The molecule has 2 rings (SSSR count). The van der Waals surface area contributed by atoms with Crippen LogP contribution in [0.5, 0.6) is 0 Å². The van der Waals surface area contributed by atoms with E-state index in [1.54, 1.807) is 6.92 Å². The Labute approximate surface area is 120 Å². The molecule has 3 heteroatoms. The van der Waals surface area contributed by atoms with Crippen LogP contribution < -0.4 is 10.4 Å². The fourth-order valence-corrected chi connectivity index (χ4v) is 4.84. The average molecular weight is 282 g/mol. The van der Waals surface area contributed by atoms with E-state index in [1.807, 2.05) is 67.2 Å². The second-order valence-corrected chi connectivity index (χ2v) is 8.36. The standard InChI is InChI=1S/C17H18O2Si/c1-14(2)17(18)19-20(3,15-10-6-4-7-11-15)16-12-8-5-9-13-16/h4-13H,1H2,2-3H3. The van der Waals surface area contributed by atoms with Crippen LogP contribution in [0, 0.1) is 0 Å². The Hall–Kier alpha value is -2.13. The summed E-state index contributed by atoms with van der Waals surface area (Å²) >= 11 is 0. The highest BCUT2D eigenvalue weighted by Gasteiger charge is 2.37. The third-order valence-corrected chi connectivity index (χ3v) is 6.76. The summed E-state index contributed by atoms with van der Waals surface area (Å²) in [7, 11) is -2.54. The van der Waals surface area contributed by atoms with Crippen LogP contribution in [-0.2, 0) is 9.22 Å². The minimum Gasteiger partial charge on any atom is -0.507 e. The van der Waals surface area contributed by atoms with E-state index < -0.39 is 8.32 Å². The van der Waals surface area contributed by atoms with Crippen molar-refractivity contribution in [1.29, 1.82) is 0 Å². The van der Waals surface area contributed by atoms with Gasteiger partial charge >= 0.3 is 14.3 Å². The highest BCUT2D eigenvalue weighted by Crippen LogP contribution is 2.10. The summed E-state index contributed by atoms with van der Waals surface area (Å²) in [6.07, 6.45) is 0. The summed E-state index contributed by atoms with van der Waals surface area (Å²) in [4.78, 5) is 12.0. The topological polar surface area (TPSA) is 26.3 Å². The van der Waals surface area contributed by atoms with Crippen molar-refractivity contribution in [2.75, 3.05) is 0 Å². The quantitative estimate of drug-likeness (QED) is 0.636. The molecule has 0 aliphatic rings. The Bertz CT molecular complexity index is 566. The number of rotatable bonds is 4. The lowest BCUT2D eigenvalue weighted by Gasteiger charge is -2.28.